The average Bonchev–Trinajstić information content (AvgIpc) is 1.64. The third kappa shape index (κ3) is 26.2. The number of imidazole rings is 2. The van der Waals surface area contributed by atoms with Gasteiger partial charge in [-0.2, -0.15) is 0 Å². The summed E-state index contributed by atoms with van der Waals surface area (Å²) >= 11 is 3.49. The number of carbonyl (C=O) groups excluding carboxylic acids is 2. The summed E-state index contributed by atoms with van der Waals surface area (Å²) in [4.78, 5) is 53.6. The van der Waals surface area contributed by atoms with Gasteiger partial charge in [-0.05, 0) is 208 Å². The van der Waals surface area contributed by atoms with Crippen molar-refractivity contribution in [2.75, 3.05) is 87.2 Å². The Bertz CT molecular complexity index is 4720. The van der Waals surface area contributed by atoms with Crippen molar-refractivity contribution in [1.29, 1.82) is 0 Å². The molecule has 10 rings (SSSR count). The van der Waals surface area contributed by atoms with E-state index >= 15 is 0 Å². The van der Waals surface area contributed by atoms with E-state index in [2.05, 4.69) is 66.3 Å². The number of aryl methyl sites for hydroxylation is 9. The standard InChI is InChI=1S/C21H21N3O3.C20H20N4O3.C12H14BrNO.C12H16N2O.C12H15NO.C8H8N2/c1-14-10-19-18(13-17(14)22-2)23-20(24(19)8-9-26-3)12-15-6-5-7-16(11-15)21(25)27-4;1-13-9-18-17(12-16(13)21-2)22-19(24(18)7-8-27-3)11-14-5-4-6-15(10-14)20(25)23-26;2*1-9-7-10(5-4-6-15-3)11(13)8-12(9)14-2;1-10-9-11(5-4-8-14-3)6-7-12(10)13-2;1-6-5-7(9)3-4-8(6)10-2/h5-7,10-11,13H,8-9,12H2,1,3-4H3;4-6,9-10,12,26H,7-8,11H2,1,3H3,(H,23,25);7-8H,4-6H2,1,3H3;7-8H,4-6,13H2,1,3H3;6-7,9H,4-5,8H2,1,3H3;3-5H,9H2,1H3. The van der Waals surface area contributed by atoms with Crippen molar-refractivity contribution in [3.05, 3.63) is 290 Å². The number of benzene rings is 8. The monoisotopic (exact) mass is 1520 g/mol. The van der Waals surface area contributed by atoms with Crippen LogP contribution in [0.15, 0.2) is 138 Å². The highest BCUT2D eigenvalue weighted by molar-refractivity contribution is 9.10. The Balaban J connectivity index is 0.000000241. The predicted molar refractivity (Wildman–Crippen MR) is 431 cm³/mol. The van der Waals surface area contributed by atoms with Crippen molar-refractivity contribution in [3.63, 3.8) is 0 Å². The van der Waals surface area contributed by atoms with Gasteiger partial charge < -0.3 is 49.0 Å². The number of nitrogen functional groups attached to an aromatic ring is 2. The molecule has 8 aromatic carbocycles. The minimum atomic E-state index is -0.554. The lowest BCUT2D eigenvalue weighted by atomic mass is 10.0. The van der Waals surface area contributed by atoms with E-state index < -0.39 is 5.91 Å². The molecule has 0 fully saturated rings. The molecule has 0 spiro atoms. The summed E-state index contributed by atoms with van der Waals surface area (Å²) in [6.45, 7) is 58.6. The van der Waals surface area contributed by atoms with Crippen LogP contribution < -0.4 is 16.9 Å². The second-order valence-electron chi connectivity index (χ2n) is 25.0. The van der Waals surface area contributed by atoms with Crippen molar-refractivity contribution < 1.29 is 43.2 Å². The van der Waals surface area contributed by atoms with Crippen LogP contribution in [-0.2, 0) is 73.6 Å². The smallest absolute Gasteiger partial charge is 0.337 e. The van der Waals surface area contributed by atoms with Crippen LogP contribution in [-0.4, -0.2) is 112 Å². The lowest BCUT2D eigenvalue weighted by molar-refractivity contribution is 0.0600. The number of anilines is 2. The molecule has 0 unspecified atom stereocenters. The van der Waals surface area contributed by atoms with Gasteiger partial charge in [0.15, 0.2) is 34.1 Å². The number of hydrogen-bond acceptors (Lipinski definition) is 13. The normalized spacial score (nSPS) is 10.2. The number of ether oxygens (including phenoxy) is 6. The Morgan fingerprint density at radius 3 is 1.31 bits per heavy atom. The maximum absolute atomic E-state index is 11.8. The van der Waals surface area contributed by atoms with E-state index in [-0.39, 0.29) is 5.97 Å². The molecule has 23 heteroatoms. The second-order valence-corrected chi connectivity index (χ2v) is 25.8. The summed E-state index contributed by atoms with van der Waals surface area (Å²) in [7, 11) is 9.81. The number of carbonyl (C=O) groups is 2. The number of fused-ring (bicyclic) bond motifs is 2. The summed E-state index contributed by atoms with van der Waals surface area (Å²) in [5, 5.41) is 8.83. The van der Waals surface area contributed by atoms with Crippen LogP contribution >= 0.6 is 15.9 Å². The van der Waals surface area contributed by atoms with Crippen molar-refractivity contribution in [1.82, 2.24) is 24.6 Å². The van der Waals surface area contributed by atoms with Crippen LogP contribution in [0.4, 0.5) is 45.5 Å². The Hall–Kier alpha value is -11.6. The van der Waals surface area contributed by atoms with Gasteiger partial charge in [0.05, 0.1) is 87.4 Å². The third-order valence-corrected chi connectivity index (χ3v) is 17.9. The van der Waals surface area contributed by atoms with Gasteiger partial charge in [-0.15, -0.1) is 0 Å². The van der Waals surface area contributed by atoms with Crippen LogP contribution in [0.5, 0.6) is 0 Å². The highest BCUT2D eigenvalue weighted by Gasteiger charge is 2.18. The second kappa shape index (κ2) is 45.7. The molecule has 10 aromatic rings. The topological polar surface area (TPSA) is 236 Å². The molecule has 0 atom stereocenters. The van der Waals surface area contributed by atoms with Crippen molar-refractivity contribution in [3.8, 4) is 0 Å². The molecular weight excluding hydrogens is 1430 g/mol. The van der Waals surface area contributed by atoms with E-state index in [9.17, 15) is 9.59 Å². The summed E-state index contributed by atoms with van der Waals surface area (Å²) in [6, 6.07) is 41.0. The van der Waals surface area contributed by atoms with Crippen LogP contribution in [0, 0.1) is 81.0 Å². The zero-order valence-corrected chi connectivity index (χ0v) is 65.1. The minimum Gasteiger partial charge on any atom is -0.465 e. The van der Waals surface area contributed by atoms with E-state index in [1.54, 1.807) is 95.6 Å². The maximum Gasteiger partial charge on any atom is 0.337 e. The molecule has 6 N–H and O–H groups in total. The molecular formula is C85H94BrN13O9. The first-order chi connectivity index (χ1) is 52.0. The maximum atomic E-state index is 11.8. The number of hydrogen-bond donors (Lipinski definition) is 4. The van der Waals surface area contributed by atoms with Crippen LogP contribution in [0.25, 0.3) is 51.1 Å². The van der Waals surface area contributed by atoms with Gasteiger partial charge >= 0.3 is 5.97 Å². The molecule has 0 saturated heterocycles. The van der Waals surface area contributed by atoms with E-state index in [4.69, 9.17) is 94.5 Å². The van der Waals surface area contributed by atoms with Crippen LogP contribution in [0.3, 0.4) is 0 Å². The first-order valence-corrected chi connectivity index (χ1v) is 35.4. The van der Waals surface area contributed by atoms with Crippen LogP contribution in [0.1, 0.15) is 113 Å². The largest absolute Gasteiger partial charge is 0.465 e. The van der Waals surface area contributed by atoms with Crippen LogP contribution in [0.2, 0.25) is 0 Å². The summed E-state index contributed by atoms with van der Waals surface area (Å²) in [6.07, 6.45) is 6.98. The third-order valence-electron chi connectivity index (χ3n) is 17.1. The average molecular weight is 1520 g/mol. The number of hydroxylamine groups is 1. The Morgan fingerprint density at radius 1 is 0.454 bits per heavy atom. The van der Waals surface area contributed by atoms with Gasteiger partial charge in [0.1, 0.15) is 11.6 Å². The number of aromatic nitrogens is 4. The van der Waals surface area contributed by atoms with Gasteiger partial charge in [-0.3, -0.25) is 10.0 Å². The zero-order chi connectivity index (χ0) is 79.2. The van der Waals surface area contributed by atoms with Crippen molar-refractivity contribution in [2.24, 2.45) is 0 Å². The molecule has 0 radical (unpaired) electrons. The highest BCUT2D eigenvalue weighted by atomic mass is 79.9. The van der Waals surface area contributed by atoms with Gasteiger partial charge in [0.25, 0.3) is 5.91 Å². The van der Waals surface area contributed by atoms with Crippen molar-refractivity contribution in [2.45, 2.75) is 106 Å². The molecule has 0 saturated carbocycles. The number of rotatable bonds is 24. The Morgan fingerprint density at radius 2 is 0.861 bits per heavy atom. The van der Waals surface area contributed by atoms with E-state index in [1.807, 2.05) is 108 Å². The van der Waals surface area contributed by atoms with E-state index in [0.717, 1.165) is 158 Å². The molecule has 0 bridgehead atoms. The number of esters is 1. The number of halogens is 1. The fourth-order valence-electron chi connectivity index (χ4n) is 11.4. The SMILES string of the molecule is [C-]#[N+]c1cc(Br)c(CCCOC)cc1C.[C-]#[N+]c1cc(N)c(CCCOC)cc1C.[C-]#[N+]c1cc2nc(Cc3cccc(C(=O)NO)c3)n(CCOC)c2cc1C.[C-]#[N+]c1cc2nc(Cc3cccc(C(=O)OC)c3)n(CCOC)c2cc1C.[C-]#[N+]c1ccc(CCCOC)cc1C.[C-]#[N+]c1ccc(N)cc1C. The number of nitrogens with one attached hydrogen (secondary N) is 1. The summed E-state index contributed by atoms with van der Waals surface area (Å²) in [5.41, 5.74) is 34.2. The molecule has 108 heavy (non-hydrogen) atoms. The zero-order valence-electron chi connectivity index (χ0n) is 63.5. The van der Waals surface area contributed by atoms with Gasteiger partial charge in [-0.1, -0.05) is 82.2 Å². The molecule has 560 valence electrons. The van der Waals surface area contributed by atoms with E-state index in [1.165, 1.54) is 18.2 Å². The number of methoxy groups -OCH3 is 6. The van der Waals surface area contributed by atoms with Crippen molar-refractivity contribution >= 4 is 95.4 Å². The predicted octanol–water partition coefficient (Wildman–Crippen LogP) is 19.0. The highest BCUT2D eigenvalue weighted by Crippen LogP contribution is 2.32. The van der Waals surface area contributed by atoms with E-state index in [0.29, 0.717) is 84.4 Å². The van der Waals surface area contributed by atoms with Gasteiger partial charge in [-0.25, -0.2) is 49.3 Å². The number of amides is 1. The molecule has 1 amide bonds. The lowest BCUT2D eigenvalue weighted by Gasteiger charge is -2.10. The molecule has 22 nitrogen and oxygen atoms in total. The molecule has 0 aliphatic carbocycles. The fourth-order valence-corrected chi connectivity index (χ4v) is 11.9. The minimum absolute atomic E-state index is 0.359. The first kappa shape index (κ1) is 87.1. The molecule has 2 aromatic heterocycles. The fraction of sp³-hybridized carbons (Fsp3) is 0.318. The van der Waals surface area contributed by atoms with Gasteiger partial charge in [0, 0.05) is 103 Å². The Kier molecular flexibility index (Phi) is 36.8. The summed E-state index contributed by atoms with van der Waals surface area (Å²) in [5.74, 6) is 0.778. The Labute approximate surface area is 643 Å². The first-order valence-electron chi connectivity index (χ1n) is 34.6. The molecule has 0 aliphatic rings. The number of nitrogens with two attached hydrogens (primary N) is 2. The van der Waals surface area contributed by atoms with Gasteiger partial charge in [0.2, 0.25) is 0 Å². The lowest BCUT2D eigenvalue weighted by Crippen LogP contribution is -2.18. The number of nitrogens with zero attached hydrogens (tertiary/aromatic N) is 10. The molecule has 0 aliphatic heterocycles. The molecule has 2 heterocycles. The summed E-state index contributed by atoms with van der Waals surface area (Å²) < 4.78 is 35.5. The quantitative estimate of drug-likeness (QED) is 0.0110.